The van der Waals surface area contributed by atoms with Gasteiger partial charge in [0.1, 0.15) is 0 Å². The Morgan fingerprint density at radius 3 is 2.44 bits per heavy atom. The van der Waals surface area contributed by atoms with E-state index in [9.17, 15) is 5.11 Å². The molecule has 0 bridgehead atoms. The molecular weight excluding hydrogens is 266 g/mol. The Kier molecular flexibility index (Phi) is 4.40. The molecule has 0 spiro atoms. The second-order valence-electron chi connectivity index (χ2n) is 4.33. The Morgan fingerprint density at radius 1 is 1.28 bits per heavy atom. The lowest BCUT2D eigenvalue weighted by atomic mass is 9.92. The number of nitrogens with two attached hydrogens (primary N) is 1. The third-order valence-corrected chi connectivity index (χ3v) is 4.48. The van der Waals surface area contributed by atoms with Crippen molar-refractivity contribution in [1.29, 1.82) is 0 Å². The lowest BCUT2D eigenvalue weighted by molar-refractivity contribution is 0.151. The molecule has 0 saturated carbocycles. The molecule has 2 unspecified atom stereocenters. The maximum absolute atomic E-state index is 10.4. The third-order valence-electron chi connectivity index (χ3n) is 3.05. The van der Waals surface area contributed by atoms with E-state index in [-0.39, 0.29) is 5.92 Å². The zero-order valence-electron chi connectivity index (χ0n) is 10.1. The molecule has 0 aliphatic heterocycles. The van der Waals surface area contributed by atoms with E-state index in [0.29, 0.717) is 11.6 Å². The van der Waals surface area contributed by atoms with E-state index in [4.69, 9.17) is 17.3 Å². The summed E-state index contributed by atoms with van der Waals surface area (Å²) in [5, 5.41) is 12.9. The molecule has 3 N–H and O–H groups in total. The van der Waals surface area contributed by atoms with Gasteiger partial charge in [-0.3, -0.25) is 0 Å². The van der Waals surface area contributed by atoms with Gasteiger partial charge < -0.3 is 10.8 Å². The van der Waals surface area contributed by atoms with Crippen LogP contribution in [0.2, 0.25) is 5.02 Å². The van der Waals surface area contributed by atoms with Gasteiger partial charge in [0.15, 0.2) is 0 Å². The van der Waals surface area contributed by atoms with Crippen molar-refractivity contribution in [3.05, 3.63) is 56.7 Å². The Balaban J connectivity index is 2.28. The van der Waals surface area contributed by atoms with E-state index in [2.05, 4.69) is 0 Å². The number of hydrogen-bond acceptors (Lipinski definition) is 3. The molecule has 96 valence electrons. The quantitative estimate of drug-likeness (QED) is 0.901. The average Bonchev–Trinajstić information content (AvgIpc) is 2.78. The number of benzene rings is 1. The molecule has 1 aromatic heterocycles. The summed E-state index contributed by atoms with van der Waals surface area (Å²) in [6.07, 6.45) is -0.648. The van der Waals surface area contributed by atoms with E-state index in [1.54, 1.807) is 6.07 Å². The molecular formula is C14H16ClNOS. The number of rotatable bonds is 4. The van der Waals surface area contributed by atoms with Crippen molar-refractivity contribution in [2.24, 2.45) is 5.73 Å². The van der Waals surface area contributed by atoms with E-state index >= 15 is 0 Å². The Hall–Kier alpha value is -0.870. The van der Waals surface area contributed by atoms with Crippen LogP contribution < -0.4 is 5.73 Å². The van der Waals surface area contributed by atoms with Gasteiger partial charge in [-0.1, -0.05) is 41.4 Å². The van der Waals surface area contributed by atoms with Crippen LogP contribution in [0.3, 0.4) is 0 Å². The van der Waals surface area contributed by atoms with E-state index < -0.39 is 6.10 Å². The van der Waals surface area contributed by atoms with E-state index in [1.807, 2.05) is 36.6 Å². The minimum Gasteiger partial charge on any atom is -0.387 e. The molecule has 0 aliphatic rings. The number of aryl methyl sites for hydroxylation is 1. The number of aliphatic hydroxyl groups excluding tert-OH is 1. The first-order valence-corrected chi connectivity index (χ1v) is 7.07. The summed E-state index contributed by atoms with van der Waals surface area (Å²) in [7, 11) is 0. The van der Waals surface area contributed by atoms with Crippen LogP contribution in [0.5, 0.6) is 0 Å². The number of thiophene rings is 1. The van der Waals surface area contributed by atoms with Crippen molar-refractivity contribution in [2.45, 2.75) is 18.9 Å². The highest BCUT2D eigenvalue weighted by molar-refractivity contribution is 7.10. The van der Waals surface area contributed by atoms with Crippen molar-refractivity contribution in [1.82, 2.24) is 0 Å². The van der Waals surface area contributed by atoms with Crippen LogP contribution in [0, 0.1) is 6.92 Å². The van der Waals surface area contributed by atoms with Crippen LogP contribution in [-0.4, -0.2) is 11.7 Å². The highest BCUT2D eigenvalue weighted by Crippen LogP contribution is 2.37. The molecule has 18 heavy (non-hydrogen) atoms. The molecule has 1 aromatic carbocycles. The smallest absolute Gasteiger partial charge is 0.0977 e. The summed E-state index contributed by atoms with van der Waals surface area (Å²) >= 11 is 7.52. The van der Waals surface area contributed by atoms with Crippen LogP contribution >= 0.6 is 22.9 Å². The van der Waals surface area contributed by atoms with Gasteiger partial charge in [0.25, 0.3) is 0 Å². The number of aliphatic hydroxyl groups is 1. The van der Waals surface area contributed by atoms with Crippen molar-refractivity contribution >= 4 is 22.9 Å². The van der Waals surface area contributed by atoms with Gasteiger partial charge in [-0.05, 0) is 23.9 Å². The molecule has 0 radical (unpaired) electrons. The molecule has 2 aromatic rings. The first-order chi connectivity index (χ1) is 8.63. The topological polar surface area (TPSA) is 46.2 Å². The Morgan fingerprint density at radius 2 is 1.94 bits per heavy atom. The maximum Gasteiger partial charge on any atom is 0.0977 e. The van der Waals surface area contributed by atoms with Gasteiger partial charge in [0.2, 0.25) is 0 Å². The Bertz CT molecular complexity index is 509. The maximum atomic E-state index is 10.4. The van der Waals surface area contributed by atoms with E-state index in [1.165, 1.54) is 16.9 Å². The summed E-state index contributed by atoms with van der Waals surface area (Å²) < 4.78 is 0. The van der Waals surface area contributed by atoms with Crippen LogP contribution in [0.4, 0.5) is 0 Å². The highest BCUT2D eigenvalue weighted by atomic mass is 35.5. The molecule has 2 atom stereocenters. The van der Waals surface area contributed by atoms with Gasteiger partial charge in [-0.2, -0.15) is 0 Å². The summed E-state index contributed by atoms with van der Waals surface area (Å²) in [5.74, 6) is -0.123. The van der Waals surface area contributed by atoms with E-state index in [0.717, 1.165) is 10.4 Å². The monoisotopic (exact) mass is 281 g/mol. The standard InChI is InChI=1S/C14H16ClNOS/c1-9-2-4-10(5-3-9)11(8-16)13(17)14-12(15)6-7-18-14/h2-7,11,13,17H,8,16H2,1H3. The lowest BCUT2D eigenvalue weighted by Crippen LogP contribution is -2.19. The van der Waals surface area contributed by atoms with Gasteiger partial charge in [-0.15, -0.1) is 11.3 Å². The van der Waals surface area contributed by atoms with Gasteiger partial charge in [0.05, 0.1) is 16.0 Å². The van der Waals surface area contributed by atoms with Crippen molar-refractivity contribution in [2.75, 3.05) is 6.54 Å². The normalized spacial score (nSPS) is 14.4. The second kappa shape index (κ2) is 5.85. The third kappa shape index (κ3) is 2.75. The zero-order valence-corrected chi connectivity index (χ0v) is 11.7. The second-order valence-corrected chi connectivity index (χ2v) is 5.69. The van der Waals surface area contributed by atoms with Crippen LogP contribution in [-0.2, 0) is 0 Å². The van der Waals surface area contributed by atoms with Crippen LogP contribution in [0.15, 0.2) is 35.7 Å². The fourth-order valence-corrected chi connectivity index (χ4v) is 3.18. The number of hydrogen-bond donors (Lipinski definition) is 2. The summed E-state index contributed by atoms with van der Waals surface area (Å²) in [6, 6.07) is 9.88. The lowest BCUT2D eigenvalue weighted by Gasteiger charge is -2.21. The van der Waals surface area contributed by atoms with Gasteiger partial charge in [-0.25, -0.2) is 0 Å². The largest absolute Gasteiger partial charge is 0.387 e. The van der Waals surface area contributed by atoms with Gasteiger partial charge >= 0.3 is 0 Å². The molecule has 0 saturated heterocycles. The van der Waals surface area contributed by atoms with Crippen LogP contribution in [0.1, 0.15) is 28.0 Å². The minimum atomic E-state index is -0.648. The first kappa shape index (κ1) is 13.6. The summed E-state index contributed by atoms with van der Waals surface area (Å²) in [5.41, 5.74) is 8.04. The predicted octanol–water partition coefficient (Wildman–Crippen LogP) is 3.49. The minimum absolute atomic E-state index is 0.123. The average molecular weight is 282 g/mol. The predicted molar refractivity (Wildman–Crippen MR) is 77.3 cm³/mol. The summed E-state index contributed by atoms with van der Waals surface area (Å²) in [4.78, 5) is 0.785. The van der Waals surface area contributed by atoms with Crippen LogP contribution in [0.25, 0.3) is 0 Å². The molecule has 2 nitrogen and oxygen atoms in total. The Labute approximate surface area is 116 Å². The summed E-state index contributed by atoms with van der Waals surface area (Å²) in [6.45, 7) is 2.42. The molecule has 0 aliphatic carbocycles. The van der Waals surface area contributed by atoms with Crippen molar-refractivity contribution in [3.63, 3.8) is 0 Å². The van der Waals surface area contributed by atoms with Crippen molar-refractivity contribution in [3.8, 4) is 0 Å². The fraction of sp³-hybridized carbons (Fsp3) is 0.286. The molecule has 0 fully saturated rings. The molecule has 0 amide bonds. The molecule has 4 heteroatoms. The molecule has 2 rings (SSSR count). The van der Waals surface area contributed by atoms with Crippen molar-refractivity contribution < 1.29 is 5.11 Å². The fourth-order valence-electron chi connectivity index (χ4n) is 1.96. The van der Waals surface area contributed by atoms with Gasteiger partial charge in [0, 0.05) is 12.5 Å². The first-order valence-electron chi connectivity index (χ1n) is 5.81. The number of halogens is 1. The SMILES string of the molecule is Cc1ccc(C(CN)C(O)c2sccc2Cl)cc1. The molecule has 1 heterocycles. The zero-order chi connectivity index (χ0) is 13.1. The highest BCUT2D eigenvalue weighted by Gasteiger charge is 2.24.